The van der Waals surface area contributed by atoms with E-state index in [1.54, 1.807) is 0 Å². The van der Waals surface area contributed by atoms with Gasteiger partial charge in [0, 0.05) is 24.2 Å². The van der Waals surface area contributed by atoms with E-state index in [-0.39, 0.29) is 12.5 Å². The summed E-state index contributed by atoms with van der Waals surface area (Å²) in [5, 5.41) is 16.0. The van der Waals surface area contributed by atoms with Crippen LogP contribution in [0.3, 0.4) is 0 Å². The van der Waals surface area contributed by atoms with Crippen molar-refractivity contribution in [2.24, 2.45) is 0 Å². The molecule has 5 nitrogen and oxygen atoms in total. The highest BCUT2D eigenvalue weighted by Crippen LogP contribution is 2.30. The maximum atomic E-state index is 11.6. The predicted molar refractivity (Wildman–Crippen MR) is 90.4 cm³/mol. The Labute approximate surface area is 137 Å². The Kier molecular flexibility index (Phi) is 5.64. The molecule has 23 heavy (non-hydrogen) atoms. The van der Waals surface area contributed by atoms with Gasteiger partial charge in [0.25, 0.3) is 0 Å². The van der Waals surface area contributed by atoms with Crippen LogP contribution in [0, 0.1) is 12.3 Å². The molecule has 1 aromatic rings. The van der Waals surface area contributed by atoms with Gasteiger partial charge in [0.2, 0.25) is 5.91 Å². The lowest BCUT2D eigenvalue weighted by Crippen LogP contribution is -2.43. The third kappa shape index (κ3) is 4.98. The van der Waals surface area contributed by atoms with Crippen molar-refractivity contribution in [3.8, 4) is 18.1 Å². The molecule has 1 aliphatic heterocycles. The molecule has 1 unspecified atom stereocenters. The van der Waals surface area contributed by atoms with Crippen molar-refractivity contribution < 1.29 is 14.6 Å². The standard InChI is InChI=1S/C18H24N2O3/c1-4-18(2,3)19-11-13(21)12-23-16-9-6-8-15-14(16)7-5-10-17(22)20-15/h1,6,8-9,13,19,21H,5,7,10-12H2,2-3H3,(H,20,22). The molecule has 1 atom stereocenters. The maximum absolute atomic E-state index is 11.6. The van der Waals surface area contributed by atoms with Crippen LogP contribution in [0.5, 0.6) is 5.75 Å². The number of hydrogen-bond acceptors (Lipinski definition) is 4. The fourth-order valence-corrected chi connectivity index (χ4v) is 2.38. The van der Waals surface area contributed by atoms with E-state index in [0.29, 0.717) is 18.7 Å². The van der Waals surface area contributed by atoms with Crippen molar-refractivity contribution >= 4 is 11.6 Å². The number of fused-ring (bicyclic) bond motifs is 1. The zero-order valence-electron chi connectivity index (χ0n) is 13.7. The number of rotatable bonds is 6. The Balaban J connectivity index is 1.95. The number of benzene rings is 1. The van der Waals surface area contributed by atoms with Crippen molar-refractivity contribution in [1.82, 2.24) is 5.32 Å². The lowest BCUT2D eigenvalue weighted by Gasteiger charge is -2.22. The van der Waals surface area contributed by atoms with Gasteiger partial charge >= 0.3 is 0 Å². The van der Waals surface area contributed by atoms with Crippen LogP contribution in [0.15, 0.2) is 18.2 Å². The van der Waals surface area contributed by atoms with Crippen LogP contribution in [-0.4, -0.2) is 35.8 Å². The lowest BCUT2D eigenvalue weighted by atomic mass is 10.1. The fraction of sp³-hybridized carbons (Fsp3) is 0.500. The van der Waals surface area contributed by atoms with Gasteiger partial charge in [-0.25, -0.2) is 0 Å². The fourth-order valence-electron chi connectivity index (χ4n) is 2.38. The first-order valence-corrected chi connectivity index (χ1v) is 7.86. The summed E-state index contributed by atoms with van der Waals surface area (Å²) < 4.78 is 5.76. The van der Waals surface area contributed by atoms with Gasteiger partial charge in [0.05, 0.1) is 5.54 Å². The number of amides is 1. The number of aliphatic hydroxyl groups is 1. The van der Waals surface area contributed by atoms with Gasteiger partial charge in [-0.15, -0.1) is 6.42 Å². The highest BCUT2D eigenvalue weighted by molar-refractivity contribution is 5.92. The average molecular weight is 316 g/mol. The van der Waals surface area contributed by atoms with Crippen molar-refractivity contribution in [1.29, 1.82) is 0 Å². The topological polar surface area (TPSA) is 70.6 Å². The SMILES string of the molecule is C#CC(C)(C)NCC(O)COc1cccc2c1CCCC(=O)N2. The molecule has 3 N–H and O–H groups in total. The van der Waals surface area contributed by atoms with Crippen LogP contribution in [0.1, 0.15) is 32.3 Å². The molecule has 0 fully saturated rings. The first kappa shape index (κ1) is 17.3. The third-order valence-corrected chi connectivity index (χ3v) is 3.81. The first-order valence-electron chi connectivity index (χ1n) is 7.86. The Morgan fingerprint density at radius 2 is 2.26 bits per heavy atom. The zero-order valence-corrected chi connectivity index (χ0v) is 13.7. The normalized spacial score (nSPS) is 15.8. The van der Waals surface area contributed by atoms with Gasteiger partial charge < -0.3 is 15.2 Å². The minimum absolute atomic E-state index is 0.0293. The number of carbonyl (C=O) groups is 1. The van der Waals surface area contributed by atoms with Gasteiger partial charge in [0.1, 0.15) is 18.5 Å². The molecule has 1 aromatic carbocycles. The van der Waals surface area contributed by atoms with E-state index in [4.69, 9.17) is 11.2 Å². The third-order valence-electron chi connectivity index (χ3n) is 3.81. The summed E-state index contributed by atoms with van der Waals surface area (Å²) in [6.07, 6.45) is 6.82. The van der Waals surface area contributed by atoms with E-state index >= 15 is 0 Å². The molecule has 0 saturated carbocycles. The Morgan fingerprint density at radius 3 is 3.00 bits per heavy atom. The van der Waals surface area contributed by atoms with Gasteiger partial charge in [-0.05, 0) is 38.8 Å². The van der Waals surface area contributed by atoms with Gasteiger partial charge in [-0.1, -0.05) is 12.0 Å². The molecule has 0 bridgehead atoms. The van der Waals surface area contributed by atoms with Crippen molar-refractivity contribution in [3.63, 3.8) is 0 Å². The van der Waals surface area contributed by atoms with Crippen molar-refractivity contribution in [2.75, 3.05) is 18.5 Å². The summed E-state index contributed by atoms with van der Waals surface area (Å²) in [6, 6.07) is 5.58. The van der Waals surface area contributed by atoms with Crippen LogP contribution in [0.2, 0.25) is 0 Å². The number of β-amino-alcohol motifs (C(OH)–C–C–N with tert-alkyl or cyclic N) is 1. The van der Waals surface area contributed by atoms with Crippen molar-refractivity contribution in [3.05, 3.63) is 23.8 Å². The number of nitrogens with one attached hydrogen (secondary N) is 2. The molecule has 0 aliphatic carbocycles. The average Bonchev–Trinajstić information content (AvgIpc) is 2.72. The number of hydrogen-bond donors (Lipinski definition) is 3. The number of anilines is 1. The summed E-state index contributed by atoms with van der Waals surface area (Å²) >= 11 is 0. The molecule has 1 aliphatic rings. The summed E-state index contributed by atoms with van der Waals surface area (Å²) in [5.74, 6) is 3.36. The number of carbonyl (C=O) groups excluding carboxylic acids is 1. The summed E-state index contributed by atoms with van der Waals surface area (Å²) in [5.41, 5.74) is 1.32. The minimum Gasteiger partial charge on any atom is -0.490 e. The Bertz CT molecular complexity index is 605. The lowest BCUT2D eigenvalue weighted by molar-refractivity contribution is -0.116. The summed E-state index contributed by atoms with van der Waals surface area (Å²) in [6.45, 7) is 4.27. The number of ether oxygens (including phenoxy) is 1. The van der Waals surface area contributed by atoms with Crippen LogP contribution in [0.4, 0.5) is 5.69 Å². The first-order chi connectivity index (χ1) is 10.9. The molecule has 0 aromatic heterocycles. The highest BCUT2D eigenvalue weighted by Gasteiger charge is 2.18. The summed E-state index contributed by atoms with van der Waals surface area (Å²) in [4.78, 5) is 11.6. The molecular formula is C18H24N2O3. The van der Waals surface area contributed by atoms with Crippen LogP contribution in [0.25, 0.3) is 0 Å². The van der Waals surface area contributed by atoms with E-state index in [9.17, 15) is 9.90 Å². The number of terminal acetylenes is 1. The molecular weight excluding hydrogens is 292 g/mol. The largest absolute Gasteiger partial charge is 0.490 e. The Hall–Kier alpha value is -2.03. The smallest absolute Gasteiger partial charge is 0.224 e. The van der Waals surface area contributed by atoms with E-state index in [2.05, 4.69) is 16.6 Å². The molecule has 1 amide bonds. The molecule has 0 radical (unpaired) electrons. The second kappa shape index (κ2) is 7.49. The molecule has 0 saturated heterocycles. The van der Waals surface area contributed by atoms with Crippen molar-refractivity contribution in [2.45, 2.75) is 44.8 Å². The molecule has 1 heterocycles. The van der Waals surface area contributed by atoms with Gasteiger partial charge in [0.15, 0.2) is 0 Å². The minimum atomic E-state index is -0.668. The van der Waals surface area contributed by atoms with Gasteiger partial charge in [-0.2, -0.15) is 0 Å². The second-order valence-corrected chi connectivity index (χ2v) is 6.30. The molecule has 124 valence electrons. The van der Waals surface area contributed by atoms with Gasteiger partial charge in [-0.3, -0.25) is 10.1 Å². The molecule has 0 spiro atoms. The highest BCUT2D eigenvalue weighted by atomic mass is 16.5. The van der Waals surface area contributed by atoms with Crippen LogP contribution >= 0.6 is 0 Å². The maximum Gasteiger partial charge on any atom is 0.224 e. The van der Waals surface area contributed by atoms with E-state index in [0.717, 1.165) is 24.1 Å². The van der Waals surface area contributed by atoms with E-state index < -0.39 is 11.6 Å². The quantitative estimate of drug-likeness (QED) is 0.699. The predicted octanol–water partition coefficient (Wildman–Crippen LogP) is 1.70. The molecule has 5 heteroatoms. The Morgan fingerprint density at radius 1 is 1.48 bits per heavy atom. The van der Waals surface area contributed by atoms with E-state index in [1.807, 2.05) is 32.0 Å². The molecule has 2 rings (SSSR count). The summed E-state index contributed by atoms with van der Waals surface area (Å²) in [7, 11) is 0. The van der Waals surface area contributed by atoms with E-state index in [1.165, 1.54) is 0 Å². The second-order valence-electron chi connectivity index (χ2n) is 6.30. The van der Waals surface area contributed by atoms with Crippen LogP contribution in [-0.2, 0) is 11.2 Å². The number of aliphatic hydroxyl groups excluding tert-OH is 1. The van der Waals surface area contributed by atoms with Crippen LogP contribution < -0.4 is 15.4 Å². The zero-order chi connectivity index (χ0) is 16.9. The monoisotopic (exact) mass is 316 g/mol.